The predicted octanol–water partition coefficient (Wildman–Crippen LogP) is 3.30. The molecule has 1 saturated carbocycles. The molecular weight excluding hydrogens is 338 g/mol. The number of pyridine rings is 1. The number of benzene rings is 2. The van der Waals surface area contributed by atoms with Crippen molar-refractivity contribution in [1.82, 2.24) is 10.3 Å². The second-order valence-corrected chi connectivity index (χ2v) is 7.03. The average Bonchev–Trinajstić information content (AvgIpc) is 3.47. The van der Waals surface area contributed by atoms with Gasteiger partial charge in [-0.1, -0.05) is 24.3 Å². The van der Waals surface area contributed by atoms with Crippen LogP contribution in [0.4, 0.5) is 0 Å². The van der Waals surface area contributed by atoms with E-state index in [9.17, 15) is 4.79 Å². The van der Waals surface area contributed by atoms with Crippen LogP contribution >= 0.6 is 0 Å². The zero-order chi connectivity index (χ0) is 18.9. The Balaban J connectivity index is 1.63. The number of nitrogens with zero attached hydrogens (tertiary/aromatic N) is 1. The summed E-state index contributed by atoms with van der Waals surface area (Å²) in [7, 11) is 0. The summed E-state index contributed by atoms with van der Waals surface area (Å²) in [5.41, 5.74) is 8.81. The number of fused-ring (bicyclic) bond motifs is 1. The van der Waals surface area contributed by atoms with Crippen LogP contribution in [0.1, 0.15) is 34.3 Å². The van der Waals surface area contributed by atoms with E-state index in [-0.39, 0.29) is 11.4 Å². The third-order valence-corrected chi connectivity index (χ3v) is 5.10. The Labute approximate surface area is 158 Å². The van der Waals surface area contributed by atoms with Crippen molar-refractivity contribution < 1.29 is 9.53 Å². The van der Waals surface area contributed by atoms with Gasteiger partial charge in [0, 0.05) is 23.7 Å². The molecule has 3 aromatic rings. The van der Waals surface area contributed by atoms with Gasteiger partial charge in [0.05, 0.1) is 11.1 Å². The van der Waals surface area contributed by atoms with Crippen LogP contribution < -0.4 is 15.8 Å². The number of hydrogen-bond donors (Lipinski definition) is 2. The molecule has 27 heavy (non-hydrogen) atoms. The number of carbonyl (C=O) groups is 1. The smallest absolute Gasteiger partial charge is 0.252 e. The minimum atomic E-state index is -0.319. The van der Waals surface area contributed by atoms with Gasteiger partial charge in [0.15, 0.2) is 0 Å². The lowest BCUT2D eigenvalue weighted by atomic mass is 9.98. The van der Waals surface area contributed by atoms with Crippen molar-refractivity contribution in [3.8, 4) is 5.75 Å². The van der Waals surface area contributed by atoms with Crippen molar-refractivity contribution in [1.29, 1.82) is 0 Å². The highest BCUT2D eigenvalue weighted by Crippen LogP contribution is 2.48. The van der Waals surface area contributed by atoms with E-state index in [1.165, 1.54) is 0 Å². The van der Waals surface area contributed by atoms with E-state index in [1.807, 2.05) is 37.3 Å². The van der Waals surface area contributed by atoms with E-state index in [1.54, 1.807) is 12.3 Å². The maximum Gasteiger partial charge on any atom is 0.252 e. The number of nitrogens with one attached hydrogen (secondary N) is 1. The fourth-order valence-corrected chi connectivity index (χ4v) is 3.50. The zero-order valence-corrected chi connectivity index (χ0v) is 15.4. The van der Waals surface area contributed by atoms with Gasteiger partial charge in [-0.05, 0) is 55.2 Å². The molecular formula is C22H23N3O2. The van der Waals surface area contributed by atoms with E-state index < -0.39 is 0 Å². The van der Waals surface area contributed by atoms with E-state index in [0.29, 0.717) is 24.5 Å². The average molecular weight is 361 g/mol. The number of aromatic nitrogens is 1. The molecule has 0 aliphatic heterocycles. The van der Waals surface area contributed by atoms with Gasteiger partial charge in [0.1, 0.15) is 12.4 Å². The number of carbonyl (C=O) groups excluding carboxylic acids is 1. The zero-order valence-electron chi connectivity index (χ0n) is 15.4. The molecule has 5 nitrogen and oxygen atoms in total. The first kappa shape index (κ1) is 17.5. The number of rotatable bonds is 6. The summed E-state index contributed by atoms with van der Waals surface area (Å²) in [4.78, 5) is 17.5. The topological polar surface area (TPSA) is 77.2 Å². The molecule has 4 rings (SSSR count). The highest BCUT2D eigenvalue weighted by molar-refractivity contribution is 5.97. The van der Waals surface area contributed by atoms with Gasteiger partial charge in [-0.15, -0.1) is 0 Å². The molecule has 138 valence electrons. The number of amides is 1. The first-order chi connectivity index (χ1) is 13.1. The second-order valence-electron chi connectivity index (χ2n) is 7.03. The largest absolute Gasteiger partial charge is 0.492 e. The lowest BCUT2D eigenvalue weighted by Crippen LogP contribution is -2.35. The highest BCUT2D eigenvalue weighted by Gasteiger charge is 2.46. The lowest BCUT2D eigenvalue weighted by Gasteiger charge is -2.21. The Hall–Kier alpha value is -2.92. The summed E-state index contributed by atoms with van der Waals surface area (Å²) in [6.07, 6.45) is 3.64. The molecule has 0 saturated heterocycles. The molecule has 1 fully saturated rings. The predicted molar refractivity (Wildman–Crippen MR) is 106 cm³/mol. The summed E-state index contributed by atoms with van der Waals surface area (Å²) < 4.78 is 5.58. The van der Waals surface area contributed by atoms with E-state index in [4.69, 9.17) is 10.5 Å². The molecule has 2 aromatic carbocycles. The van der Waals surface area contributed by atoms with Crippen LogP contribution in [0.2, 0.25) is 0 Å². The second kappa shape index (κ2) is 7.00. The number of ether oxygens (including phenoxy) is 1. The Bertz CT molecular complexity index is 991. The minimum Gasteiger partial charge on any atom is -0.492 e. The monoisotopic (exact) mass is 361 g/mol. The fraction of sp³-hybridized carbons (Fsp3) is 0.273. The van der Waals surface area contributed by atoms with E-state index in [0.717, 1.165) is 34.9 Å². The normalized spacial score (nSPS) is 14.7. The Kier molecular flexibility index (Phi) is 4.54. The van der Waals surface area contributed by atoms with Gasteiger partial charge in [-0.25, -0.2) is 0 Å². The SMILES string of the molecule is Cc1ccc(OCCN)cc1C(=O)NC1(c2cccc3ncccc23)CC1. The highest BCUT2D eigenvalue weighted by atomic mass is 16.5. The van der Waals surface area contributed by atoms with Crippen LogP contribution in [0, 0.1) is 6.92 Å². The molecule has 0 unspecified atom stereocenters. The molecule has 0 atom stereocenters. The summed E-state index contributed by atoms with van der Waals surface area (Å²) in [6, 6.07) is 15.7. The third-order valence-electron chi connectivity index (χ3n) is 5.10. The molecule has 1 amide bonds. The number of hydrogen-bond acceptors (Lipinski definition) is 4. The van der Waals surface area contributed by atoms with E-state index in [2.05, 4.69) is 22.4 Å². The van der Waals surface area contributed by atoms with Crippen LogP contribution in [-0.2, 0) is 5.54 Å². The quantitative estimate of drug-likeness (QED) is 0.706. The van der Waals surface area contributed by atoms with E-state index >= 15 is 0 Å². The van der Waals surface area contributed by atoms with Crippen LogP contribution in [0.3, 0.4) is 0 Å². The molecule has 1 aliphatic rings. The van der Waals surface area contributed by atoms with Crippen molar-refractivity contribution in [2.45, 2.75) is 25.3 Å². The summed E-state index contributed by atoms with van der Waals surface area (Å²) in [5.74, 6) is 0.583. The third kappa shape index (κ3) is 3.38. The molecule has 0 radical (unpaired) electrons. The van der Waals surface area contributed by atoms with Crippen LogP contribution in [0.15, 0.2) is 54.7 Å². The molecule has 0 spiro atoms. The minimum absolute atomic E-state index is 0.0795. The van der Waals surface area contributed by atoms with Crippen molar-refractivity contribution in [2.75, 3.05) is 13.2 Å². The maximum absolute atomic E-state index is 13.0. The molecule has 1 heterocycles. The van der Waals surface area contributed by atoms with Crippen molar-refractivity contribution >= 4 is 16.8 Å². The summed E-state index contributed by atoms with van der Waals surface area (Å²) in [6.45, 7) is 2.80. The first-order valence-corrected chi connectivity index (χ1v) is 9.23. The number of aryl methyl sites for hydroxylation is 1. The standard InChI is InChI=1S/C22H23N3O2/c1-15-7-8-16(27-13-11-23)14-18(15)21(26)25-22(9-10-22)19-5-2-6-20-17(19)4-3-12-24-20/h2-8,12,14H,9-11,13,23H2,1H3,(H,25,26). The maximum atomic E-state index is 13.0. The van der Waals surface area contributed by atoms with Gasteiger partial charge < -0.3 is 15.8 Å². The molecule has 3 N–H and O–H groups in total. The van der Waals surface area contributed by atoms with Gasteiger partial charge in [0.25, 0.3) is 5.91 Å². The lowest BCUT2D eigenvalue weighted by molar-refractivity contribution is 0.0930. The summed E-state index contributed by atoms with van der Waals surface area (Å²) >= 11 is 0. The first-order valence-electron chi connectivity index (χ1n) is 9.23. The Morgan fingerprint density at radius 2 is 2.07 bits per heavy atom. The van der Waals surface area contributed by atoms with Crippen molar-refractivity contribution in [2.24, 2.45) is 5.73 Å². The number of nitrogens with two attached hydrogens (primary N) is 1. The van der Waals surface area contributed by atoms with Crippen LogP contribution in [-0.4, -0.2) is 24.0 Å². The van der Waals surface area contributed by atoms with Crippen LogP contribution in [0.25, 0.3) is 10.9 Å². The molecule has 0 bridgehead atoms. The van der Waals surface area contributed by atoms with Crippen LogP contribution in [0.5, 0.6) is 5.75 Å². The van der Waals surface area contributed by atoms with Crippen molar-refractivity contribution in [3.05, 3.63) is 71.4 Å². The molecule has 5 heteroatoms. The van der Waals surface area contributed by atoms with Gasteiger partial charge in [0.2, 0.25) is 0 Å². The Morgan fingerprint density at radius 3 is 2.85 bits per heavy atom. The van der Waals surface area contributed by atoms with Crippen molar-refractivity contribution in [3.63, 3.8) is 0 Å². The summed E-state index contributed by atoms with van der Waals surface area (Å²) in [5, 5.41) is 4.36. The van der Waals surface area contributed by atoms with Gasteiger partial charge in [-0.3, -0.25) is 9.78 Å². The van der Waals surface area contributed by atoms with Gasteiger partial charge in [-0.2, -0.15) is 0 Å². The van der Waals surface area contributed by atoms with Gasteiger partial charge >= 0.3 is 0 Å². The molecule has 1 aromatic heterocycles. The fourth-order valence-electron chi connectivity index (χ4n) is 3.50. The molecule has 1 aliphatic carbocycles. The Morgan fingerprint density at radius 1 is 1.22 bits per heavy atom.